The van der Waals surface area contributed by atoms with Gasteiger partial charge in [-0.05, 0) is 19.1 Å². The molecule has 0 radical (unpaired) electrons. The van der Waals surface area contributed by atoms with Gasteiger partial charge in [-0.15, -0.1) is 10.2 Å². The van der Waals surface area contributed by atoms with Crippen LogP contribution in [0.2, 0.25) is 0 Å². The van der Waals surface area contributed by atoms with E-state index in [1.807, 2.05) is 24.6 Å². The summed E-state index contributed by atoms with van der Waals surface area (Å²) in [5.74, 6) is 1.34. The highest BCUT2D eigenvalue weighted by molar-refractivity contribution is 8.00. The number of nitriles is 1. The minimum atomic E-state index is -0.146. The van der Waals surface area contributed by atoms with E-state index in [1.54, 1.807) is 12.3 Å². The largest absolute Gasteiger partial charge is 0.461 e. The summed E-state index contributed by atoms with van der Waals surface area (Å²) in [5, 5.41) is 17.4. The lowest BCUT2D eigenvalue weighted by atomic mass is 10.4. The number of thioether (sulfide) groups is 1. The van der Waals surface area contributed by atoms with E-state index in [0.717, 1.165) is 0 Å². The van der Waals surface area contributed by atoms with Gasteiger partial charge in [0.15, 0.2) is 16.7 Å². The molecule has 0 unspecified atom stereocenters. The molecule has 82 valence electrons. The van der Waals surface area contributed by atoms with Gasteiger partial charge >= 0.3 is 0 Å². The van der Waals surface area contributed by atoms with Crippen molar-refractivity contribution in [3.8, 4) is 17.7 Å². The van der Waals surface area contributed by atoms with Crippen molar-refractivity contribution in [2.24, 2.45) is 7.05 Å². The fourth-order valence-electron chi connectivity index (χ4n) is 1.22. The van der Waals surface area contributed by atoms with Gasteiger partial charge in [-0.3, -0.25) is 0 Å². The number of hydrogen-bond donors (Lipinski definition) is 0. The molecular weight excluding hydrogens is 224 g/mol. The Morgan fingerprint density at radius 1 is 1.56 bits per heavy atom. The number of nitrogens with zero attached hydrogens (tertiary/aromatic N) is 4. The fraction of sp³-hybridized carbons (Fsp3) is 0.300. The Hall–Kier alpha value is -1.74. The molecule has 0 fully saturated rings. The second kappa shape index (κ2) is 4.41. The SMILES string of the molecule is C[C@H](C#N)Sc1nnc(-c2ccco2)n1C. The van der Waals surface area contributed by atoms with Gasteiger partial charge in [0, 0.05) is 7.05 Å². The van der Waals surface area contributed by atoms with E-state index in [1.165, 1.54) is 11.8 Å². The van der Waals surface area contributed by atoms with Crippen LogP contribution < -0.4 is 0 Å². The summed E-state index contributed by atoms with van der Waals surface area (Å²) < 4.78 is 7.06. The zero-order valence-electron chi connectivity index (χ0n) is 8.91. The van der Waals surface area contributed by atoms with Gasteiger partial charge in [0.1, 0.15) is 0 Å². The molecule has 0 aliphatic carbocycles. The Kier molecular flexibility index (Phi) is 2.97. The summed E-state index contributed by atoms with van der Waals surface area (Å²) in [6.07, 6.45) is 1.59. The summed E-state index contributed by atoms with van der Waals surface area (Å²) in [7, 11) is 1.85. The average Bonchev–Trinajstić information content (AvgIpc) is 2.89. The molecule has 1 atom stereocenters. The van der Waals surface area contributed by atoms with E-state index in [0.29, 0.717) is 16.7 Å². The van der Waals surface area contributed by atoms with Gasteiger partial charge < -0.3 is 8.98 Å². The minimum Gasteiger partial charge on any atom is -0.461 e. The van der Waals surface area contributed by atoms with E-state index in [9.17, 15) is 0 Å². The Balaban J connectivity index is 2.29. The molecule has 0 spiro atoms. The van der Waals surface area contributed by atoms with E-state index in [2.05, 4.69) is 16.3 Å². The Bertz CT molecular complexity index is 511. The first-order valence-corrected chi connectivity index (χ1v) is 5.60. The molecule has 0 amide bonds. The monoisotopic (exact) mass is 234 g/mol. The molecule has 2 rings (SSSR count). The van der Waals surface area contributed by atoms with Crippen molar-refractivity contribution in [3.05, 3.63) is 18.4 Å². The number of hydrogen-bond acceptors (Lipinski definition) is 5. The second-order valence-corrected chi connectivity index (χ2v) is 4.54. The summed E-state index contributed by atoms with van der Waals surface area (Å²) >= 11 is 1.37. The minimum absolute atomic E-state index is 0.146. The molecule has 2 heterocycles. The first-order chi connectivity index (χ1) is 7.72. The van der Waals surface area contributed by atoms with Crippen molar-refractivity contribution in [2.75, 3.05) is 0 Å². The molecule has 2 aromatic rings. The molecule has 2 aromatic heterocycles. The van der Waals surface area contributed by atoms with Crippen LogP contribution in [0.5, 0.6) is 0 Å². The Morgan fingerprint density at radius 2 is 2.38 bits per heavy atom. The van der Waals surface area contributed by atoms with Crippen molar-refractivity contribution in [2.45, 2.75) is 17.3 Å². The number of rotatable bonds is 3. The van der Waals surface area contributed by atoms with Crippen LogP contribution in [-0.4, -0.2) is 20.0 Å². The zero-order valence-corrected chi connectivity index (χ0v) is 9.73. The number of aromatic nitrogens is 3. The predicted octanol–water partition coefficient (Wildman–Crippen LogP) is 2.08. The van der Waals surface area contributed by atoms with E-state index < -0.39 is 0 Å². The topological polar surface area (TPSA) is 67.6 Å². The van der Waals surface area contributed by atoms with E-state index in [4.69, 9.17) is 9.68 Å². The second-order valence-electron chi connectivity index (χ2n) is 3.23. The lowest BCUT2D eigenvalue weighted by Gasteiger charge is -2.02. The first kappa shape index (κ1) is 10.8. The highest BCUT2D eigenvalue weighted by Gasteiger charge is 2.15. The van der Waals surface area contributed by atoms with Crippen LogP contribution >= 0.6 is 11.8 Å². The summed E-state index contributed by atoms with van der Waals surface area (Å²) in [6, 6.07) is 5.77. The maximum Gasteiger partial charge on any atom is 0.200 e. The van der Waals surface area contributed by atoms with E-state index in [-0.39, 0.29) is 5.25 Å². The maximum atomic E-state index is 8.73. The van der Waals surface area contributed by atoms with Gasteiger partial charge in [0.25, 0.3) is 0 Å². The third kappa shape index (κ3) is 1.95. The van der Waals surface area contributed by atoms with Crippen LogP contribution in [0.25, 0.3) is 11.6 Å². The van der Waals surface area contributed by atoms with Crippen molar-refractivity contribution in [3.63, 3.8) is 0 Å². The molecule has 6 heteroatoms. The highest BCUT2D eigenvalue weighted by Crippen LogP contribution is 2.25. The maximum absolute atomic E-state index is 8.73. The predicted molar refractivity (Wildman–Crippen MR) is 59.6 cm³/mol. The van der Waals surface area contributed by atoms with Crippen LogP contribution in [0.1, 0.15) is 6.92 Å². The molecule has 0 saturated carbocycles. The fourth-order valence-corrected chi connectivity index (χ4v) is 1.92. The van der Waals surface area contributed by atoms with Crippen molar-refractivity contribution < 1.29 is 4.42 Å². The lowest BCUT2D eigenvalue weighted by molar-refractivity contribution is 0.572. The molecule has 0 aliphatic rings. The van der Waals surface area contributed by atoms with E-state index >= 15 is 0 Å². The molecule has 0 bridgehead atoms. The van der Waals surface area contributed by atoms with Gasteiger partial charge in [-0.1, -0.05) is 11.8 Å². The van der Waals surface area contributed by atoms with Crippen LogP contribution in [-0.2, 0) is 7.05 Å². The normalized spacial score (nSPS) is 12.3. The van der Waals surface area contributed by atoms with Gasteiger partial charge in [0.05, 0.1) is 17.6 Å². The lowest BCUT2D eigenvalue weighted by Crippen LogP contribution is -1.97. The summed E-state index contributed by atoms with van der Waals surface area (Å²) in [5.41, 5.74) is 0. The summed E-state index contributed by atoms with van der Waals surface area (Å²) in [4.78, 5) is 0. The van der Waals surface area contributed by atoms with Gasteiger partial charge in [-0.2, -0.15) is 5.26 Å². The molecule has 16 heavy (non-hydrogen) atoms. The third-order valence-corrected chi connectivity index (χ3v) is 3.07. The first-order valence-electron chi connectivity index (χ1n) is 4.72. The molecular formula is C10H10N4OS. The van der Waals surface area contributed by atoms with Crippen molar-refractivity contribution in [1.29, 1.82) is 5.26 Å². The van der Waals surface area contributed by atoms with Gasteiger partial charge in [0.2, 0.25) is 0 Å². The van der Waals surface area contributed by atoms with Crippen LogP contribution in [0.3, 0.4) is 0 Å². The average molecular weight is 234 g/mol. The van der Waals surface area contributed by atoms with Gasteiger partial charge in [-0.25, -0.2) is 0 Å². The van der Waals surface area contributed by atoms with Crippen molar-refractivity contribution >= 4 is 11.8 Å². The van der Waals surface area contributed by atoms with Crippen LogP contribution in [0, 0.1) is 11.3 Å². The Morgan fingerprint density at radius 3 is 3.00 bits per heavy atom. The smallest absolute Gasteiger partial charge is 0.200 e. The third-order valence-electron chi connectivity index (χ3n) is 2.04. The summed E-state index contributed by atoms with van der Waals surface area (Å²) in [6.45, 7) is 1.83. The molecule has 0 aromatic carbocycles. The highest BCUT2D eigenvalue weighted by atomic mass is 32.2. The standard InChI is InChI=1S/C10H10N4OS/c1-7(6-11)16-10-13-12-9(14(10)2)8-4-3-5-15-8/h3-5,7H,1-2H3/t7-/m1/s1. The molecule has 0 N–H and O–H groups in total. The quantitative estimate of drug-likeness (QED) is 0.760. The van der Waals surface area contributed by atoms with Crippen LogP contribution in [0.15, 0.2) is 28.0 Å². The zero-order chi connectivity index (χ0) is 11.5. The van der Waals surface area contributed by atoms with Crippen molar-refractivity contribution in [1.82, 2.24) is 14.8 Å². The van der Waals surface area contributed by atoms with Crippen LogP contribution in [0.4, 0.5) is 0 Å². The Labute approximate surface area is 97.1 Å². The molecule has 0 aliphatic heterocycles. The number of furan rings is 1. The molecule has 5 nitrogen and oxygen atoms in total. The molecule has 0 saturated heterocycles.